The smallest absolute Gasteiger partial charge is 0.255 e. The largest absolute Gasteiger partial charge is 0.494 e. The van der Waals surface area contributed by atoms with E-state index in [4.69, 9.17) is 16.3 Å². The third kappa shape index (κ3) is 3.29. The molecule has 2 aromatic rings. The van der Waals surface area contributed by atoms with E-state index in [0.717, 1.165) is 6.07 Å². The fourth-order valence-corrected chi connectivity index (χ4v) is 2.37. The highest BCUT2D eigenvalue weighted by Crippen LogP contribution is 2.26. The molecule has 0 spiro atoms. The van der Waals surface area contributed by atoms with Crippen LogP contribution in [0.15, 0.2) is 40.9 Å². The Bertz CT molecular complexity index is 664. The first-order chi connectivity index (χ1) is 9.51. The first kappa shape index (κ1) is 14.8. The van der Waals surface area contributed by atoms with E-state index >= 15 is 0 Å². The summed E-state index contributed by atoms with van der Waals surface area (Å²) in [4.78, 5) is 12.0. The van der Waals surface area contributed by atoms with Crippen molar-refractivity contribution in [1.29, 1.82) is 0 Å². The zero-order chi connectivity index (χ0) is 14.7. The number of halogens is 3. The molecule has 1 N–H and O–H groups in total. The summed E-state index contributed by atoms with van der Waals surface area (Å²) in [6, 6.07) is 8.98. The van der Waals surface area contributed by atoms with Gasteiger partial charge in [-0.3, -0.25) is 4.79 Å². The van der Waals surface area contributed by atoms with Crippen LogP contribution in [0, 0.1) is 5.82 Å². The van der Waals surface area contributed by atoms with Gasteiger partial charge in [0.15, 0.2) is 11.6 Å². The summed E-state index contributed by atoms with van der Waals surface area (Å²) in [5.41, 5.74) is 0.751. The van der Waals surface area contributed by atoms with Crippen molar-refractivity contribution in [1.82, 2.24) is 0 Å². The number of hydrogen-bond acceptors (Lipinski definition) is 2. The lowest BCUT2D eigenvalue weighted by Gasteiger charge is -2.09. The lowest BCUT2D eigenvalue weighted by molar-refractivity contribution is 0.102. The van der Waals surface area contributed by atoms with Gasteiger partial charge < -0.3 is 10.1 Å². The van der Waals surface area contributed by atoms with Gasteiger partial charge in [-0.2, -0.15) is 0 Å². The Morgan fingerprint density at radius 3 is 2.65 bits per heavy atom. The van der Waals surface area contributed by atoms with Crippen molar-refractivity contribution in [2.75, 3.05) is 12.4 Å². The lowest BCUT2D eigenvalue weighted by atomic mass is 10.2. The molecule has 0 fully saturated rings. The summed E-state index contributed by atoms with van der Waals surface area (Å²) in [5.74, 6) is -0.917. The molecule has 0 bridgehead atoms. The standard InChI is InChI=1S/C14H10BrClFNO2/c1-20-13-5-2-8(6-11(13)17)14(19)18-12-4-3-9(16)7-10(12)15/h2-7H,1H3,(H,18,19). The topological polar surface area (TPSA) is 38.3 Å². The molecule has 0 atom stereocenters. The second-order valence-corrected chi connectivity index (χ2v) is 5.22. The minimum atomic E-state index is -0.588. The molecular formula is C14H10BrClFNO2. The van der Waals surface area contributed by atoms with E-state index in [1.165, 1.54) is 19.2 Å². The predicted molar refractivity (Wildman–Crippen MR) is 80.1 cm³/mol. The Labute approximate surface area is 128 Å². The van der Waals surface area contributed by atoms with E-state index in [2.05, 4.69) is 21.2 Å². The van der Waals surface area contributed by atoms with E-state index in [9.17, 15) is 9.18 Å². The van der Waals surface area contributed by atoms with E-state index in [1.807, 2.05) is 0 Å². The van der Waals surface area contributed by atoms with Crippen LogP contribution in [-0.2, 0) is 0 Å². The second-order valence-electron chi connectivity index (χ2n) is 3.93. The molecule has 0 aromatic heterocycles. The van der Waals surface area contributed by atoms with Crippen LogP contribution < -0.4 is 10.1 Å². The molecule has 20 heavy (non-hydrogen) atoms. The van der Waals surface area contributed by atoms with Gasteiger partial charge >= 0.3 is 0 Å². The quantitative estimate of drug-likeness (QED) is 0.877. The van der Waals surface area contributed by atoms with E-state index in [-0.39, 0.29) is 11.3 Å². The van der Waals surface area contributed by atoms with Crippen molar-refractivity contribution in [2.45, 2.75) is 0 Å². The molecule has 0 aliphatic rings. The van der Waals surface area contributed by atoms with Crippen LogP contribution in [0.1, 0.15) is 10.4 Å². The van der Waals surface area contributed by atoms with Crippen LogP contribution in [0.5, 0.6) is 5.75 Å². The van der Waals surface area contributed by atoms with Crippen molar-refractivity contribution >= 4 is 39.1 Å². The van der Waals surface area contributed by atoms with E-state index in [1.54, 1.807) is 18.2 Å². The van der Waals surface area contributed by atoms with Gasteiger partial charge in [-0.25, -0.2) is 4.39 Å². The maximum Gasteiger partial charge on any atom is 0.255 e. The number of carbonyl (C=O) groups excluding carboxylic acids is 1. The minimum Gasteiger partial charge on any atom is -0.494 e. The van der Waals surface area contributed by atoms with Gasteiger partial charge in [-0.1, -0.05) is 11.6 Å². The third-order valence-corrected chi connectivity index (χ3v) is 3.48. The highest BCUT2D eigenvalue weighted by Gasteiger charge is 2.11. The molecule has 3 nitrogen and oxygen atoms in total. The number of anilines is 1. The van der Waals surface area contributed by atoms with Crippen molar-refractivity contribution in [3.63, 3.8) is 0 Å². The van der Waals surface area contributed by atoms with Gasteiger partial charge in [0.2, 0.25) is 0 Å². The number of hydrogen-bond donors (Lipinski definition) is 1. The van der Waals surface area contributed by atoms with Crippen LogP contribution in [0.4, 0.5) is 10.1 Å². The number of benzene rings is 2. The average Bonchev–Trinajstić information content (AvgIpc) is 2.41. The van der Waals surface area contributed by atoms with E-state index < -0.39 is 11.7 Å². The summed E-state index contributed by atoms with van der Waals surface area (Å²) in [6.45, 7) is 0. The molecule has 0 heterocycles. The molecule has 2 rings (SSSR count). The first-order valence-electron chi connectivity index (χ1n) is 5.61. The van der Waals surface area contributed by atoms with E-state index in [0.29, 0.717) is 15.2 Å². The summed E-state index contributed by atoms with van der Waals surface area (Å²) < 4.78 is 19.0. The Kier molecular flexibility index (Phi) is 4.62. The zero-order valence-electron chi connectivity index (χ0n) is 10.4. The average molecular weight is 359 g/mol. The SMILES string of the molecule is COc1ccc(C(=O)Nc2ccc(Cl)cc2Br)cc1F. The summed E-state index contributed by atoms with van der Waals surface area (Å²) >= 11 is 9.11. The highest BCUT2D eigenvalue weighted by atomic mass is 79.9. The van der Waals surface area contributed by atoms with Crippen LogP contribution in [-0.4, -0.2) is 13.0 Å². The Balaban J connectivity index is 2.21. The summed E-state index contributed by atoms with van der Waals surface area (Å²) in [5, 5.41) is 3.21. The van der Waals surface area contributed by atoms with Crippen molar-refractivity contribution in [3.05, 3.63) is 57.3 Å². The van der Waals surface area contributed by atoms with Gasteiger partial charge in [0.25, 0.3) is 5.91 Å². The number of amides is 1. The van der Waals surface area contributed by atoms with Crippen LogP contribution in [0.3, 0.4) is 0 Å². The number of carbonyl (C=O) groups is 1. The molecule has 6 heteroatoms. The monoisotopic (exact) mass is 357 g/mol. The molecule has 1 amide bonds. The molecule has 104 valence electrons. The van der Waals surface area contributed by atoms with Gasteiger partial charge in [-0.05, 0) is 52.3 Å². The van der Waals surface area contributed by atoms with Crippen molar-refractivity contribution in [3.8, 4) is 5.75 Å². The van der Waals surface area contributed by atoms with Crippen LogP contribution in [0.2, 0.25) is 5.02 Å². The molecular weight excluding hydrogens is 349 g/mol. The minimum absolute atomic E-state index is 0.0919. The molecule has 0 radical (unpaired) electrons. The number of nitrogens with one attached hydrogen (secondary N) is 1. The molecule has 0 saturated heterocycles. The second kappa shape index (κ2) is 6.24. The number of rotatable bonds is 3. The van der Waals surface area contributed by atoms with Crippen molar-refractivity contribution < 1.29 is 13.9 Å². The normalized spacial score (nSPS) is 10.2. The molecule has 2 aromatic carbocycles. The maximum atomic E-state index is 13.6. The fraction of sp³-hybridized carbons (Fsp3) is 0.0714. The Hall–Kier alpha value is -1.59. The van der Waals surface area contributed by atoms with Gasteiger partial charge in [0.1, 0.15) is 0 Å². The maximum absolute atomic E-state index is 13.6. The Morgan fingerprint density at radius 2 is 2.05 bits per heavy atom. The van der Waals surface area contributed by atoms with Crippen LogP contribution >= 0.6 is 27.5 Å². The molecule has 0 aliphatic heterocycles. The number of ether oxygens (including phenoxy) is 1. The Morgan fingerprint density at radius 1 is 1.30 bits per heavy atom. The van der Waals surface area contributed by atoms with Crippen molar-refractivity contribution in [2.24, 2.45) is 0 Å². The lowest BCUT2D eigenvalue weighted by Crippen LogP contribution is -2.12. The van der Waals surface area contributed by atoms with Gasteiger partial charge in [0, 0.05) is 15.1 Å². The summed E-state index contributed by atoms with van der Waals surface area (Å²) in [6.07, 6.45) is 0. The zero-order valence-corrected chi connectivity index (χ0v) is 12.8. The molecule has 0 saturated carbocycles. The van der Waals surface area contributed by atoms with Crippen LogP contribution in [0.25, 0.3) is 0 Å². The predicted octanol–water partition coefficient (Wildman–Crippen LogP) is 4.50. The fourth-order valence-electron chi connectivity index (χ4n) is 1.59. The highest BCUT2D eigenvalue weighted by molar-refractivity contribution is 9.10. The third-order valence-electron chi connectivity index (χ3n) is 2.59. The molecule has 0 unspecified atom stereocenters. The van der Waals surface area contributed by atoms with Gasteiger partial charge in [-0.15, -0.1) is 0 Å². The molecule has 0 aliphatic carbocycles. The number of methoxy groups -OCH3 is 1. The summed E-state index contributed by atoms with van der Waals surface area (Å²) in [7, 11) is 1.36. The van der Waals surface area contributed by atoms with Gasteiger partial charge in [0.05, 0.1) is 12.8 Å². The first-order valence-corrected chi connectivity index (χ1v) is 6.78.